The lowest BCUT2D eigenvalue weighted by atomic mass is 10.1. The van der Waals surface area contributed by atoms with E-state index in [-0.39, 0.29) is 22.7 Å². The van der Waals surface area contributed by atoms with Gasteiger partial charge >= 0.3 is 0 Å². The van der Waals surface area contributed by atoms with Gasteiger partial charge in [-0.2, -0.15) is 5.26 Å². The fraction of sp³-hybridized carbons (Fsp3) is 0.120. The molecule has 0 spiro atoms. The van der Waals surface area contributed by atoms with E-state index >= 15 is 0 Å². The van der Waals surface area contributed by atoms with Crippen molar-refractivity contribution in [1.82, 2.24) is 0 Å². The minimum Gasteiger partial charge on any atom is -0.495 e. The van der Waals surface area contributed by atoms with Crippen molar-refractivity contribution in [3.05, 3.63) is 94.1 Å². The first-order chi connectivity index (χ1) is 16.7. The topological polar surface area (TPSA) is 114 Å². The van der Waals surface area contributed by atoms with Gasteiger partial charge in [-0.15, -0.1) is 0 Å². The van der Waals surface area contributed by atoms with Crippen LogP contribution in [0.5, 0.6) is 11.5 Å². The molecule has 3 aromatic carbocycles. The highest BCUT2D eigenvalue weighted by Gasteiger charge is 2.17. The molecular weight excluding hydrogens is 676 g/mol. The minimum absolute atomic E-state index is 0.0944. The van der Waals surface area contributed by atoms with E-state index in [2.05, 4.69) is 56.6 Å². The molecular formula is C25H19I2N3O5. The van der Waals surface area contributed by atoms with Gasteiger partial charge in [-0.3, -0.25) is 14.9 Å². The average molecular weight is 695 g/mol. The molecule has 3 aromatic rings. The second-order valence-electron chi connectivity index (χ2n) is 7.36. The van der Waals surface area contributed by atoms with E-state index in [4.69, 9.17) is 9.47 Å². The Bertz CT molecular complexity index is 1340. The van der Waals surface area contributed by atoms with Crippen LogP contribution in [0.15, 0.2) is 60.2 Å². The van der Waals surface area contributed by atoms with Gasteiger partial charge in [0.25, 0.3) is 11.6 Å². The summed E-state index contributed by atoms with van der Waals surface area (Å²) in [5.41, 5.74) is 2.56. The Morgan fingerprint density at radius 2 is 1.89 bits per heavy atom. The van der Waals surface area contributed by atoms with Gasteiger partial charge < -0.3 is 14.8 Å². The summed E-state index contributed by atoms with van der Waals surface area (Å²) < 4.78 is 12.8. The molecule has 0 radical (unpaired) electrons. The number of aryl methyl sites for hydroxylation is 1. The van der Waals surface area contributed by atoms with Crippen molar-refractivity contribution in [3.63, 3.8) is 0 Å². The molecule has 0 atom stereocenters. The van der Waals surface area contributed by atoms with Gasteiger partial charge in [0.2, 0.25) is 0 Å². The number of methoxy groups -OCH3 is 1. The van der Waals surface area contributed by atoms with Crippen LogP contribution in [0.2, 0.25) is 0 Å². The van der Waals surface area contributed by atoms with E-state index in [0.29, 0.717) is 17.9 Å². The summed E-state index contributed by atoms with van der Waals surface area (Å²) in [5, 5.41) is 23.2. The average Bonchev–Trinajstić information content (AvgIpc) is 2.81. The first-order valence-electron chi connectivity index (χ1n) is 10.1. The Morgan fingerprint density at radius 1 is 1.17 bits per heavy atom. The summed E-state index contributed by atoms with van der Waals surface area (Å²) in [6.45, 7) is 2.44. The van der Waals surface area contributed by atoms with Crippen molar-refractivity contribution >= 4 is 68.5 Å². The predicted molar refractivity (Wildman–Crippen MR) is 149 cm³/mol. The van der Waals surface area contributed by atoms with Gasteiger partial charge in [-0.25, -0.2) is 0 Å². The Morgan fingerprint density at radius 3 is 2.49 bits per heavy atom. The first-order valence-corrected chi connectivity index (χ1v) is 12.3. The second kappa shape index (κ2) is 12.0. The normalized spacial score (nSPS) is 10.9. The van der Waals surface area contributed by atoms with E-state index in [1.165, 1.54) is 31.4 Å². The molecule has 3 rings (SSSR count). The lowest BCUT2D eigenvalue weighted by Gasteiger charge is -2.12. The molecule has 10 heteroatoms. The Balaban J connectivity index is 1.82. The summed E-state index contributed by atoms with van der Waals surface area (Å²) in [6, 6.07) is 17.4. The number of amides is 1. The molecule has 8 nitrogen and oxygen atoms in total. The number of carbonyl (C=O) groups excluding carboxylic acids is 1. The number of nitro benzene ring substituents is 1. The lowest BCUT2D eigenvalue weighted by molar-refractivity contribution is -0.384. The predicted octanol–water partition coefficient (Wildman–Crippen LogP) is 6.25. The number of nitro groups is 1. The van der Waals surface area contributed by atoms with E-state index in [9.17, 15) is 20.2 Å². The van der Waals surface area contributed by atoms with Crippen LogP contribution in [0.3, 0.4) is 0 Å². The van der Waals surface area contributed by atoms with Gasteiger partial charge in [0.05, 0.1) is 24.9 Å². The number of rotatable bonds is 8. The molecule has 0 saturated carbocycles. The largest absolute Gasteiger partial charge is 0.495 e. The number of halogens is 2. The van der Waals surface area contributed by atoms with Crippen molar-refractivity contribution < 1.29 is 19.2 Å². The molecule has 0 aromatic heterocycles. The zero-order valence-corrected chi connectivity index (χ0v) is 23.0. The van der Waals surface area contributed by atoms with Crippen molar-refractivity contribution in [2.75, 3.05) is 12.4 Å². The van der Waals surface area contributed by atoms with Crippen LogP contribution < -0.4 is 14.8 Å². The maximum atomic E-state index is 12.8. The fourth-order valence-corrected chi connectivity index (χ4v) is 5.30. The first kappa shape index (κ1) is 26.4. The van der Waals surface area contributed by atoms with Crippen LogP contribution in [-0.4, -0.2) is 17.9 Å². The molecule has 0 aliphatic heterocycles. The van der Waals surface area contributed by atoms with Crippen molar-refractivity contribution in [2.24, 2.45) is 0 Å². The zero-order valence-electron chi connectivity index (χ0n) is 18.7. The van der Waals surface area contributed by atoms with Crippen molar-refractivity contribution in [3.8, 4) is 17.6 Å². The van der Waals surface area contributed by atoms with Crippen LogP contribution in [-0.2, 0) is 11.4 Å². The second-order valence-corrected chi connectivity index (χ2v) is 9.68. The summed E-state index contributed by atoms with van der Waals surface area (Å²) >= 11 is 4.30. The summed E-state index contributed by atoms with van der Waals surface area (Å²) in [4.78, 5) is 23.3. The number of nitrogens with zero attached hydrogens (tertiary/aromatic N) is 2. The monoisotopic (exact) mass is 695 g/mol. The van der Waals surface area contributed by atoms with Gasteiger partial charge in [0.15, 0.2) is 0 Å². The Labute approximate surface area is 229 Å². The van der Waals surface area contributed by atoms with Crippen LogP contribution in [0.4, 0.5) is 11.4 Å². The van der Waals surface area contributed by atoms with Crippen molar-refractivity contribution in [1.29, 1.82) is 5.26 Å². The van der Waals surface area contributed by atoms with Gasteiger partial charge in [-0.1, -0.05) is 29.8 Å². The number of nitriles is 1. The smallest absolute Gasteiger partial charge is 0.271 e. The molecule has 1 N–H and O–H groups in total. The summed E-state index contributed by atoms with van der Waals surface area (Å²) in [5.74, 6) is 0.241. The van der Waals surface area contributed by atoms with Gasteiger partial charge in [-0.05, 0) is 87.5 Å². The van der Waals surface area contributed by atoms with Crippen LogP contribution in [0, 0.1) is 35.5 Å². The van der Waals surface area contributed by atoms with Gasteiger partial charge in [0, 0.05) is 12.1 Å². The van der Waals surface area contributed by atoms with Crippen LogP contribution in [0.25, 0.3) is 6.08 Å². The fourth-order valence-electron chi connectivity index (χ4n) is 3.17. The summed E-state index contributed by atoms with van der Waals surface area (Å²) in [7, 11) is 1.38. The highest BCUT2D eigenvalue weighted by Crippen LogP contribution is 2.32. The quantitative estimate of drug-likeness (QED) is 0.0981. The number of ether oxygens (including phenoxy) is 2. The molecule has 0 fully saturated rings. The highest BCUT2D eigenvalue weighted by atomic mass is 127. The third-order valence-electron chi connectivity index (χ3n) is 4.80. The van der Waals surface area contributed by atoms with Crippen LogP contribution >= 0.6 is 45.2 Å². The molecule has 178 valence electrons. The molecule has 0 aliphatic rings. The molecule has 0 aliphatic carbocycles. The molecule has 1 amide bonds. The maximum Gasteiger partial charge on any atom is 0.271 e. The maximum absolute atomic E-state index is 12.8. The number of hydrogen-bond acceptors (Lipinski definition) is 6. The zero-order chi connectivity index (χ0) is 25.5. The highest BCUT2D eigenvalue weighted by molar-refractivity contribution is 14.1. The van der Waals surface area contributed by atoms with E-state index in [1.54, 1.807) is 0 Å². The van der Waals surface area contributed by atoms with Crippen LogP contribution in [0.1, 0.15) is 16.7 Å². The lowest BCUT2D eigenvalue weighted by Crippen LogP contribution is -2.14. The molecule has 0 saturated heterocycles. The number of carbonyl (C=O) groups is 1. The third-order valence-corrected chi connectivity index (χ3v) is 6.41. The van der Waals surface area contributed by atoms with Crippen molar-refractivity contribution in [2.45, 2.75) is 13.5 Å². The number of non-ortho nitro benzene ring substituents is 1. The Hall–Kier alpha value is -3.18. The van der Waals surface area contributed by atoms with E-state index in [1.807, 2.05) is 43.3 Å². The van der Waals surface area contributed by atoms with E-state index in [0.717, 1.165) is 18.3 Å². The minimum atomic E-state index is -0.712. The van der Waals surface area contributed by atoms with E-state index < -0.39 is 10.8 Å². The third kappa shape index (κ3) is 6.92. The molecule has 0 bridgehead atoms. The van der Waals surface area contributed by atoms with Gasteiger partial charge in [0.1, 0.15) is 29.7 Å². The SMILES string of the molecule is COc1ccc([N+](=O)[O-])cc1NC(=O)/C(C#N)=C/c1cc(I)c(OCc2cccc(C)c2)c(I)c1. The molecule has 35 heavy (non-hydrogen) atoms. The molecule has 0 unspecified atom stereocenters. The number of nitrogens with one attached hydrogen (secondary N) is 1. The number of anilines is 1. The number of benzene rings is 3. The summed E-state index contributed by atoms with van der Waals surface area (Å²) in [6.07, 6.45) is 1.45. The standard InChI is InChI=1S/C25H19I2N3O5/c1-15-4-3-5-16(8-15)14-35-24-20(26)10-17(11-21(24)27)9-18(13-28)25(31)29-22-12-19(30(32)33)6-7-23(22)34-2/h3-12H,14H2,1-2H3,(H,29,31)/b18-9+. The Kier molecular flexibility index (Phi) is 9.05. The number of hydrogen-bond donors (Lipinski definition) is 1. The molecule has 0 heterocycles.